The van der Waals surface area contributed by atoms with Crippen molar-refractivity contribution < 1.29 is 17.9 Å². The second kappa shape index (κ2) is 9.25. The van der Waals surface area contributed by atoms with E-state index in [1.807, 2.05) is 6.92 Å². The maximum Gasteiger partial charge on any atom is 0.223 e. The number of ether oxygens (including phenoxy) is 1. The molecule has 1 aliphatic carbocycles. The Morgan fingerprint density at radius 2 is 2.20 bits per heavy atom. The molecule has 0 aromatic carbocycles. The third-order valence-electron chi connectivity index (χ3n) is 4.30. The van der Waals surface area contributed by atoms with E-state index in [2.05, 4.69) is 25.2 Å². The first-order valence-electron chi connectivity index (χ1n) is 8.68. The molecule has 3 atom stereocenters. The smallest absolute Gasteiger partial charge is 0.223 e. The lowest BCUT2D eigenvalue weighted by Crippen LogP contribution is -2.50. The molecule has 25 heavy (non-hydrogen) atoms. The monoisotopic (exact) mass is 373 g/mol. The Labute approximate surface area is 148 Å². The van der Waals surface area contributed by atoms with Crippen LogP contribution in [0.15, 0.2) is 6.33 Å². The van der Waals surface area contributed by atoms with Crippen molar-refractivity contribution in [1.82, 2.24) is 25.2 Å². The van der Waals surface area contributed by atoms with Crippen molar-refractivity contribution in [2.24, 2.45) is 5.92 Å². The van der Waals surface area contributed by atoms with Gasteiger partial charge in [-0.15, -0.1) is 0 Å². The summed E-state index contributed by atoms with van der Waals surface area (Å²) in [5, 5.41) is 9.24. The van der Waals surface area contributed by atoms with Crippen molar-refractivity contribution in [3.8, 4) is 0 Å². The summed E-state index contributed by atoms with van der Waals surface area (Å²) in [4.78, 5) is 16.4. The van der Waals surface area contributed by atoms with E-state index in [1.54, 1.807) is 6.92 Å². The zero-order valence-corrected chi connectivity index (χ0v) is 15.5. The Bertz CT molecular complexity index is 634. The Morgan fingerprint density at radius 1 is 1.40 bits per heavy atom. The minimum Gasteiger partial charge on any atom is -0.377 e. The van der Waals surface area contributed by atoms with Crippen LogP contribution in [0.2, 0.25) is 0 Å². The Kier molecular flexibility index (Phi) is 7.33. The van der Waals surface area contributed by atoms with Crippen LogP contribution in [0, 0.1) is 5.92 Å². The van der Waals surface area contributed by atoms with Crippen LogP contribution in [-0.2, 0) is 26.1 Å². The van der Waals surface area contributed by atoms with Crippen LogP contribution in [0.25, 0.3) is 0 Å². The minimum atomic E-state index is -3.36. The first-order chi connectivity index (χ1) is 11.9. The SMILES string of the molecule is CCCO[C@@H]1CC[C@H](C(=O)NCc2ncn[nH]2)C[C@H]1NS(=O)(=O)CC. The summed E-state index contributed by atoms with van der Waals surface area (Å²) in [7, 11) is -3.36. The van der Waals surface area contributed by atoms with Crippen molar-refractivity contribution in [3.63, 3.8) is 0 Å². The highest BCUT2D eigenvalue weighted by Crippen LogP contribution is 2.27. The van der Waals surface area contributed by atoms with Gasteiger partial charge >= 0.3 is 0 Å². The first kappa shape index (κ1) is 19.8. The summed E-state index contributed by atoms with van der Waals surface area (Å²) in [6.45, 7) is 4.45. The largest absolute Gasteiger partial charge is 0.377 e. The van der Waals surface area contributed by atoms with Gasteiger partial charge < -0.3 is 10.1 Å². The van der Waals surface area contributed by atoms with Gasteiger partial charge in [0.15, 0.2) is 0 Å². The fourth-order valence-electron chi connectivity index (χ4n) is 2.92. The number of aromatic nitrogens is 3. The molecular weight excluding hydrogens is 346 g/mol. The van der Waals surface area contributed by atoms with Gasteiger partial charge in [-0.25, -0.2) is 18.1 Å². The van der Waals surface area contributed by atoms with E-state index in [-0.39, 0.29) is 36.3 Å². The van der Waals surface area contributed by atoms with Crippen molar-refractivity contribution in [3.05, 3.63) is 12.2 Å². The van der Waals surface area contributed by atoms with E-state index < -0.39 is 10.0 Å². The van der Waals surface area contributed by atoms with E-state index in [1.165, 1.54) is 6.33 Å². The van der Waals surface area contributed by atoms with E-state index in [4.69, 9.17) is 4.74 Å². The number of sulfonamides is 1. The highest BCUT2D eigenvalue weighted by atomic mass is 32.2. The Hall–Kier alpha value is -1.52. The van der Waals surface area contributed by atoms with Gasteiger partial charge in [-0.2, -0.15) is 5.10 Å². The zero-order chi connectivity index (χ0) is 18.3. The van der Waals surface area contributed by atoms with Crippen molar-refractivity contribution in [1.29, 1.82) is 0 Å². The molecule has 1 heterocycles. The number of hydrogen-bond acceptors (Lipinski definition) is 6. The summed E-state index contributed by atoms with van der Waals surface area (Å²) in [6.07, 6.45) is 3.80. The average Bonchev–Trinajstić information content (AvgIpc) is 3.11. The van der Waals surface area contributed by atoms with Crippen LogP contribution in [0.1, 0.15) is 45.4 Å². The molecule has 0 spiro atoms. The molecule has 0 saturated heterocycles. The van der Waals surface area contributed by atoms with Gasteiger partial charge in [-0.1, -0.05) is 6.92 Å². The maximum atomic E-state index is 12.4. The highest BCUT2D eigenvalue weighted by molar-refractivity contribution is 7.89. The molecule has 1 saturated carbocycles. The fourth-order valence-corrected chi connectivity index (χ4v) is 3.79. The second-order valence-corrected chi connectivity index (χ2v) is 8.24. The molecule has 3 N–H and O–H groups in total. The molecule has 1 aromatic rings. The van der Waals surface area contributed by atoms with E-state index >= 15 is 0 Å². The van der Waals surface area contributed by atoms with Crippen LogP contribution >= 0.6 is 0 Å². The second-order valence-electron chi connectivity index (χ2n) is 6.20. The lowest BCUT2D eigenvalue weighted by atomic mass is 9.83. The van der Waals surface area contributed by atoms with Crippen LogP contribution in [0.5, 0.6) is 0 Å². The summed E-state index contributed by atoms with van der Waals surface area (Å²) in [5.41, 5.74) is 0. The molecule has 1 amide bonds. The van der Waals surface area contributed by atoms with Gasteiger partial charge in [0.1, 0.15) is 12.2 Å². The first-order valence-corrected chi connectivity index (χ1v) is 10.3. The van der Waals surface area contributed by atoms with Crippen LogP contribution in [0.4, 0.5) is 0 Å². The molecule has 9 nitrogen and oxygen atoms in total. The van der Waals surface area contributed by atoms with E-state index in [9.17, 15) is 13.2 Å². The molecule has 0 radical (unpaired) electrons. The summed E-state index contributed by atoms with van der Waals surface area (Å²) < 4.78 is 32.4. The van der Waals surface area contributed by atoms with Crippen LogP contribution in [0.3, 0.4) is 0 Å². The van der Waals surface area contributed by atoms with Gasteiger partial charge in [0.2, 0.25) is 15.9 Å². The number of H-pyrrole nitrogens is 1. The van der Waals surface area contributed by atoms with Gasteiger partial charge in [0.05, 0.1) is 18.4 Å². The number of carbonyl (C=O) groups is 1. The predicted molar refractivity (Wildman–Crippen MR) is 92.0 cm³/mol. The summed E-state index contributed by atoms with van der Waals surface area (Å²) in [5.74, 6) is 0.225. The number of rotatable bonds is 9. The molecule has 10 heteroatoms. The molecule has 1 aliphatic rings. The number of nitrogens with zero attached hydrogens (tertiary/aromatic N) is 2. The quantitative estimate of drug-likeness (QED) is 0.572. The number of hydrogen-bond donors (Lipinski definition) is 3. The van der Waals surface area contributed by atoms with E-state index in [0.29, 0.717) is 31.7 Å². The third-order valence-corrected chi connectivity index (χ3v) is 5.72. The number of aromatic amines is 1. The minimum absolute atomic E-state index is 0.00630. The molecule has 1 aromatic heterocycles. The summed E-state index contributed by atoms with van der Waals surface area (Å²) >= 11 is 0. The average molecular weight is 373 g/mol. The van der Waals surface area contributed by atoms with Crippen molar-refractivity contribution in [2.75, 3.05) is 12.4 Å². The predicted octanol–water partition coefficient (Wildman–Crippen LogP) is 0.324. The molecule has 2 rings (SSSR count). The maximum absolute atomic E-state index is 12.4. The Morgan fingerprint density at radius 3 is 2.84 bits per heavy atom. The lowest BCUT2D eigenvalue weighted by Gasteiger charge is -2.35. The van der Waals surface area contributed by atoms with Gasteiger partial charge in [-0.05, 0) is 32.6 Å². The molecule has 0 bridgehead atoms. The van der Waals surface area contributed by atoms with Gasteiger partial charge in [0, 0.05) is 18.6 Å². The molecule has 142 valence electrons. The molecule has 1 fully saturated rings. The third kappa shape index (κ3) is 6.05. The number of nitrogens with one attached hydrogen (secondary N) is 3. The Balaban J connectivity index is 1.96. The zero-order valence-electron chi connectivity index (χ0n) is 14.7. The fraction of sp³-hybridized carbons (Fsp3) is 0.800. The topological polar surface area (TPSA) is 126 Å². The number of amides is 1. The van der Waals surface area contributed by atoms with Crippen LogP contribution < -0.4 is 10.0 Å². The van der Waals surface area contributed by atoms with Crippen LogP contribution in [-0.4, -0.2) is 54.0 Å². The highest BCUT2D eigenvalue weighted by Gasteiger charge is 2.36. The normalized spacial score (nSPS) is 24.2. The van der Waals surface area contributed by atoms with Gasteiger partial charge in [-0.3, -0.25) is 9.89 Å². The molecule has 0 aliphatic heterocycles. The number of carbonyl (C=O) groups excluding carboxylic acids is 1. The van der Waals surface area contributed by atoms with Crippen molar-refractivity contribution in [2.45, 2.75) is 58.2 Å². The molecular formula is C15H27N5O4S. The lowest BCUT2D eigenvalue weighted by molar-refractivity contribution is -0.127. The van der Waals surface area contributed by atoms with Gasteiger partial charge in [0.25, 0.3) is 0 Å². The van der Waals surface area contributed by atoms with E-state index in [0.717, 1.165) is 6.42 Å². The standard InChI is InChI=1S/C15H27N5O4S/c1-3-7-24-13-6-5-11(8-12(13)20-25(22,23)4-2)15(21)16-9-14-17-10-18-19-14/h10-13,20H,3-9H2,1-2H3,(H,16,21)(H,17,18,19)/t11-,12+,13+/m0/s1. The van der Waals surface area contributed by atoms with Crippen molar-refractivity contribution >= 4 is 15.9 Å². The summed E-state index contributed by atoms with van der Waals surface area (Å²) in [6, 6.07) is -0.383. The molecule has 0 unspecified atom stereocenters.